The van der Waals surface area contributed by atoms with E-state index in [0.29, 0.717) is 25.0 Å². The molecule has 2 fully saturated rings. The summed E-state index contributed by atoms with van der Waals surface area (Å²) in [4.78, 5) is 13.5. The van der Waals surface area contributed by atoms with Gasteiger partial charge >= 0.3 is 12.4 Å². The molecule has 2 aliphatic heterocycles. The van der Waals surface area contributed by atoms with Crippen molar-refractivity contribution in [1.29, 1.82) is 0 Å². The van der Waals surface area contributed by atoms with Crippen molar-refractivity contribution in [3.63, 3.8) is 0 Å². The summed E-state index contributed by atoms with van der Waals surface area (Å²) in [6.45, 7) is 1.62. The lowest BCUT2D eigenvalue weighted by molar-refractivity contribution is -0.143. The van der Waals surface area contributed by atoms with Crippen molar-refractivity contribution in [2.45, 2.75) is 56.4 Å². The first-order valence-corrected chi connectivity index (χ1v) is 8.37. The third-order valence-electron chi connectivity index (χ3n) is 4.98. The van der Waals surface area contributed by atoms with Crippen LogP contribution < -0.4 is 5.73 Å². The van der Waals surface area contributed by atoms with Gasteiger partial charge in [0.25, 0.3) is 0 Å². The predicted molar refractivity (Wildman–Crippen MR) is 82.4 cm³/mol. The van der Waals surface area contributed by atoms with Gasteiger partial charge in [-0.05, 0) is 43.5 Å². The summed E-state index contributed by atoms with van der Waals surface area (Å²) < 4.78 is 83.5. The largest absolute Gasteiger partial charge is 0.416 e. The number of hydrogen-bond acceptors (Lipinski definition) is 3. The smallest absolute Gasteiger partial charge is 0.369 e. The molecule has 1 unspecified atom stereocenters. The van der Waals surface area contributed by atoms with E-state index in [-0.39, 0.29) is 30.1 Å². The minimum Gasteiger partial charge on any atom is -0.369 e. The molecule has 27 heavy (non-hydrogen) atoms. The van der Waals surface area contributed by atoms with Crippen molar-refractivity contribution < 1.29 is 35.9 Å². The summed E-state index contributed by atoms with van der Waals surface area (Å²) in [5, 5.41) is 0. The Kier molecular flexibility index (Phi) is 4.92. The second-order valence-electron chi connectivity index (χ2n) is 6.96. The van der Waals surface area contributed by atoms with Gasteiger partial charge in [0.15, 0.2) is 0 Å². The van der Waals surface area contributed by atoms with Crippen LogP contribution in [0.15, 0.2) is 18.2 Å². The second kappa shape index (κ2) is 6.66. The van der Waals surface area contributed by atoms with Crippen LogP contribution in [0.2, 0.25) is 0 Å². The van der Waals surface area contributed by atoms with Gasteiger partial charge in [0, 0.05) is 12.6 Å². The second-order valence-corrected chi connectivity index (χ2v) is 6.96. The molecule has 2 heterocycles. The van der Waals surface area contributed by atoms with E-state index in [0.717, 1.165) is 0 Å². The molecule has 0 aliphatic carbocycles. The van der Waals surface area contributed by atoms with Crippen LogP contribution in [-0.4, -0.2) is 35.5 Å². The van der Waals surface area contributed by atoms with E-state index in [4.69, 9.17) is 10.5 Å². The van der Waals surface area contributed by atoms with Crippen molar-refractivity contribution in [2.75, 3.05) is 6.54 Å². The Hall–Kier alpha value is -1.81. The molecular weight excluding hydrogens is 378 g/mol. The molecule has 4 nitrogen and oxygen atoms in total. The van der Waals surface area contributed by atoms with Crippen LogP contribution in [0.4, 0.5) is 26.3 Å². The molecule has 4 atom stereocenters. The number of amides is 1. The molecule has 150 valence electrons. The minimum atomic E-state index is -4.91. The van der Waals surface area contributed by atoms with E-state index in [1.165, 1.54) is 6.92 Å². The minimum absolute atomic E-state index is 0.0853. The number of alkyl halides is 6. The first-order chi connectivity index (χ1) is 12.4. The molecule has 0 saturated carbocycles. The summed E-state index contributed by atoms with van der Waals surface area (Å²) >= 11 is 0. The zero-order chi connectivity index (χ0) is 20.1. The Labute approximate surface area is 151 Å². The fourth-order valence-electron chi connectivity index (χ4n) is 3.65. The fraction of sp³-hybridized carbons (Fsp3) is 0.588. The highest BCUT2D eigenvalue weighted by Gasteiger charge is 2.45. The quantitative estimate of drug-likeness (QED) is 0.796. The number of carbonyl (C=O) groups excluding carboxylic acids is 1. The van der Waals surface area contributed by atoms with Crippen molar-refractivity contribution in [2.24, 2.45) is 5.73 Å². The lowest BCUT2D eigenvalue weighted by Gasteiger charge is -2.22. The van der Waals surface area contributed by atoms with Crippen molar-refractivity contribution in [1.82, 2.24) is 4.90 Å². The maximum absolute atomic E-state index is 13.0. The lowest BCUT2D eigenvalue weighted by atomic mass is 10.0. The highest BCUT2D eigenvalue weighted by Crippen LogP contribution is 2.39. The highest BCUT2D eigenvalue weighted by molar-refractivity contribution is 5.84. The van der Waals surface area contributed by atoms with Crippen LogP contribution >= 0.6 is 0 Å². The molecule has 2 aliphatic rings. The average molecular weight is 396 g/mol. The summed E-state index contributed by atoms with van der Waals surface area (Å²) in [6.07, 6.45) is -10.4. The number of nitrogens with two attached hydrogens (primary N) is 1. The van der Waals surface area contributed by atoms with E-state index in [1.807, 2.05) is 0 Å². The van der Waals surface area contributed by atoms with Gasteiger partial charge in [0.05, 0.1) is 29.4 Å². The van der Waals surface area contributed by atoms with Crippen molar-refractivity contribution in [3.8, 4) is 0 Å². The summed E-state index contributed by atoms with van der Waals surface area (Å²) in [5.41, 5.74) is 2.70. The number of fused-ring (bicyclic) bond motifs is 1. The Morgan fingerprint density at radius 2 is 1.63 bits per heavy atom. The molecule has 0 radical (unpaired) electrons. The van der Waals surface area contributed by atoms with Crippen molar-refractivity contribution >= 4 is 5.91 Å². The number of carbonyl (C=O) groups is 1. The highest BCUT2D eigenvalue weighted by atomic mass is 19.4. The normalized spacial score (nSPS) is 27.2. The maximum atomic E-state index is 13.0. The Morgan fingerprint density at radius 3 is 2.11 bits per heavy atom. The standard InChI is InChI=1S/C17H18F6N2O2/c1-8(27-13-5-12-6-14(24)15(26)25(12)7-13)9-2-10(16(18,19)20)4-11(3-9)17(21,22)23/h2-4,8,12-14H,5-7,24H2,1H3/t8-,12-,13-,14?/m1/s1. The van der Waals surface area contributed by atoms with Gasteiger partial charge in [-0.3, -0.25) is 4.79 Å². The first-order valence-electron chi connectivity index (χ1n) is 8.37. The Morgan fingerprint density at radius 1 is 1.07 bits per heavy atom. The van der Waals surface area contributed by atoms with Crippen LogP contribution in [0.1, 0.15) is 42.6 Å². The van der Waals surface area contributed by atoms with Crippen molar-refractivity contribution in [3.05, 3.63) is 34.9 Å². The Balaban J connectivity index is 1.79. The molecule has 0 bridgehead atoms. The number of hydrogen-bond donors (Lipinski definition) is 1. The number of nitrogens with zero attached hydrogens (tertiary/aromatic N) is 1. The predicted octanol–water partition coefficient (Wildman–Crippen LogP) is 3.50. The zero-order valence-electron chi connectivity index (χ0n) is 14.3. The summed E-state index contributed by atoms with van der Waals surface area (Å²) in [5.74, 6) is -0.211. The Bertz CT molecular complexity index is 701. The van der Waals surface area contributed by atoms with Crippen LogP contribution in [0.25, 0.3) is 0 Å². The van der Waals surface area contributed by atoms with Gasteiger partial charge in [-0.1, -0.05) is 0 Å². The SMILES string of the molecule is C[C@@H](O[C@@H]1C[C@@H]2CC(N)C(=O)N2C1)c1cc(C(F)(F)F)cc(C(F)(F)F)c1. The third-order valence-corrected chi connectivity index (χ3v) is 4.98. The molecule has 3 rings (SSSR count). The van der Waals surface area contributed by atoms with Crippen LogP contribution in [-0.2, 0) is 21.9 Å². The molecule has 2 saturated heterocycles. The average Bonchev–Trinajstić information content (AvgIpc) is 3.04. The van der Waals surface area contributed by atoms with Gasteiger partial charge in [0.2, 0.25) is 5.91 Å². The van der Waals surface area contributed by atoms with E-state index in [1.54, 1.807) is 4.90 Å². The molecule has 2 N–H and O–H groups in total. The van der Waals surface area contributed by atoms with Crippen LogP contribution in [0.5, 0.6) is 0 Å². The van der Waals surface area contributed by atoms with E-state index in [9.17, 15) is 31.1 Å². The van der Waals surface area contributed by atoms with Gasteiger partial charge in [-0.2, -0.15) is 26.3 Å². The number of benzene rings is 1. The van der Waals surface area contributed by atoms with Gasteiger partial charge < -0.3 is 15.4 Å². The third kappa shape index (κ3) is 4.06. The maximum Gasteiger partial charge on any atom is 0.416 e. The van der Waals surface area contributed by atoms with Gasteiger partial charge in [0.1, 0.15) is 0 Å². The summed E-state index contributed by atoms with van der Waals surface area (Å²) in [6, 6.07) is 0.749. The van der Waals surface area contributed by atoms with Crippen LogP contribution in [0, 0.1) is 0 Å². The molecule has 0 spiro atoms. The molecule has 1 aromatic carbocycles. The monoisotopic (exact) mass is 396 g/mol. The van der Waals surface area contributed by atoms with Crippen LogP contribution in [0.3, 0.4) is 0 Å². The molecule has 1 amide bonds. The number of rotatable bonds is 3. The number of halogens is 6. The van der Waals surface area contributed by atoms with Gasteiger partial charge in [-0.25, -0.2) is 0 Å². The molecule has 0 aromatic heterocycles. The molecule has 1 aromatic rings. The fourth-order valence-corrected chi connectivity index (χ4v) is 3.65. The topological polar surface area (TPSA) is 55.6 Å². The number of ether oxygens (including phenoxy) is 1. The summed E-state index contributed by atoms with van der Waals surface area (Å²) in [7, 11) is 0. The zero-order valence-corrected chi connectivity index (χ0v) is 14.3. The van der Waals surface area contributed by atoms with E-state index >= 15 is 0 Å². The van der Waals surface area contributed by atoms with Gasteiger partial charge in [-0.15, -0.1) is 0 Å². The first kappa shape index (κ1) is 19.9. The van der Waals surface area contributed by atoms with E-state index < -0.39 is 41.7 Å². The van der Waals surface area contributed by atoms with E-state index in [2.05, 4.69) is 0 Å². The lowest BCUT2D eigenvalue weighted by Crippen LogP contribution is -2.36. The molecule has 10 heteroatoms. The molecular formula is C17H18F6N2O2.